The van der Waals surface area contributed by atoms with Crippen LogP contribution in [0.5, 0.6) is 0 Å². The van der Waals surface area contributed by atoms with Crippen molar-refractivity contribution in [2.24, 2.45) is 5.41 Å². The minimum atomic E-state index is -1.59. The van der Waals surface area contributed by atoms with Gasteiger partial charge >= 0.3 is 5.97 Å². The van der Waals surface area contributed by atoms with E-state index in [1.807, 2.05) is 19.6 Å². The van der Waals surface area contributed by atoms with Crippen LogP contribution in [0, 0.1) is 16.9 Å². The number of carboxylic acid groups (broad SMARTS) is 1. The molecule has 2 N–H and O–H groups in total. The second-order valence-electron chi connectivity index (χ2n) is 5.50. The lowest BCUT2D eigenvalue weighted by Gasteiger charge is -2.32. The molecule has 0 aromatic rings. The third-order valence-electron chi connectivity index (χ3n) is 2.43. The molecule has 0 unspecified atom stereocenters. The van der Waals surface area contributed by atoms with Crippen LogP contribution in [0.3, 0.4) is 0 Å². The van der Waals surface area contributed by atoms with Crippen LogP contribution >= 0.6 is 0 Å². The maximum Gasteiger partial charge on any atom is 0.313 e. The quantitative estimate of drug-likeness (QED) is 0.559. The SMILES string of the molecule is CC(C)(C(=O)O)[C@@](C)(O)C#C[Si](C)(C)C. The van der Waals surface area contributed by atoms with Crippen molar-refractivity contribution in [2.75, 3.05) is 0 Å². The molecule has 4 heteroatoms. The van der Waals surface area contributed by atoms with Crippen molar-refractivity contribution in [1.82, 2.24) is 0 Å². The van der Waals surface area contributed by atoms with Gasteiger partial charge in [0.25, 0.3) is 0 Å². The Labute approximate surface area is 92.5 Å². The van der Waals surface area contributed by atoms with Crippen LogP contribution in [0.1, 0.15) is 20.8 Å². The van der Waals surface area contributed by atoms with Crippen LogP contribution in [0.4, 0.5) is 0 Å². The largest absolute Gasteiger partial charge is 0.481 e. The van der Waals surface area contributed by atoms with E-state index in [-0.39, 0.29) is 0 Å². The van der Waals surface area contributed by atoms with Gasteiger partial charge in [-0.2, -0.15) is 0 Å². The van der Waals surface area contributed by atoms with E-state index >= 15 is 0 Å². The van der Waals surface area contributed by atoms with Crippen LogP contribution in [0.25, 0.3) is 0 Å². The summed E-state index contributed by atoms with van der Waals surface area (Å²) in [6.45, 7) is 10.5. The highest BCUT2D eigenvalue weighted by Crippen LogP contribution is 2.30. The van der Waals surface area contributed by atoms with E-state index < -0.39 is 25.1 Å². The first-order chi connectivity index (χ1) is 6.40. The number of carboxylic acids is 1. The summed E-state index contributed by atoms with van der Waals surface area (Å²) in [7, 11) is -1.59. The molecule has 0 aliphatic rings. The summed E-state index contributed by atoms with van der Waals surface area (Å²) in [4.78, 5) is 11.0. The third kappa shape index (κ3) is 3.69. The van der Waals surface area contributed by atoms with E-state index in [4.69, 9.17) is 5.11 Å². The van der Waals surface area contributed by atoms with Gasteiger partial charge in [0, 0.05) is 0 Å². The molecule has 0 spiro atoms. The standard InChI is InChI=1S/C11H20O3Si/c1-10(2,9(12)13)11(3,14)7-8-15(4,5)6/h14H,1-6H3,(H,12,13)/t11-/m0/s1. The predicted molar refractivity (Wildman–Crippen MR) is 63.2 cm³/mol. The molecule has 0 bridgehead atoms. The monoisotopic (exact) mass is 228 g/mol. The molecule has 0 amide bonds. The lowest BCUT2D eigenvalue weighted by Crippen LogP contribution is -2.46. The number of aliphatic carboxylic acids is 1. The zero-order chi connectivity index (χ0) is 12.5. The van der Waals surface area contributed by atoms with Crippen LogP contribution < -0.4 is 0 Å². The number of carbonyl (C=O) groups is 1. The molecule has 0 radical (unpaired) electrons. The Balaban J connectivity index is 5.14. The molecule has 1 atom stereocenters. The Bertz CT molecular complexity index is 313. The Morgan fingerprint density at radius 3 is 1.87 bits per heavy atom. The van der Waals surface area contributed by atoms with Crippen molar-refractivity contribution in [3.05, 3.63) is 0 Å². The van der Waals surface area contributed by atoms with E-state index in [1.54, 1.807) is 0 Å². The number of hydrogen-bond acceptors (Lipinski definition) is 2. The smallest absolute Gasteiger partial charge is 0.313 e. The average Bonchev–Trinajstić information content (AvgIpc) is 1.99. The molecule has 0 rings (SSSR count). The third-order valence-corrected chi connectivity index (χ3v) is 3.31. The second kappa shape index (κ2) is 3.99. The van der Waals surface area contributed by atoms with Crippen LogP contribution in [0.15, 0.2) is 0 Å². The van der Waals surface area contributed by atoms with Gasteiger partial charge in [0.15, 0.2) is 0 Å². The Morgan fingerprint density at radius 1 is 1.20 bits per heavy atom. The summed E-state index contributed by atoms with van der Waals surface area (Å²) in [5, 5.41) is 19.0. The summed E-state index contributed by atoms with van der Waals surface area (Å²) in [5.74, 6) is 1.66. The normalized spacial score (nSPS) is 16.2. The first-order valence-corrected chi connectivity index (χ1v) is 8.40. The predicted octanol–water partition coefficient (Wildman–Crippen LogP) is 1.73. The molecule has 0 saturated carbocycles. The van der Waals surface area contributed by atoms with Crippen molar-refractivity contribution >= 4 is 14.0 Å². The topological polar surface area (TPSA) is 57.5 Å². The van der Waals surface area contributed by atoms with Crippen molar-refractivity contribution < 1.29 is 15.0 Å². The van der Waals surface area contributed by atoms with E-state index in [2.05, 4.69) is 11.5 Å². The Kier molecular flexibility index (Phi) is 3.78. The van der Waals surface area contributed by atoms with E-state index in [1.165, 1.54) is 20.8 Å². The highest BCUT2D eigenvalue weighted by atomic mass is 28.3. The van der Waals surface area contributed by atoms with E-state index in [0.717, 1.165) is 0 Å². The fourth-order valence-corrected chi connectivity index (χ4v) is 1.29. The van der Waals surface area contributed by atoms with Crippen LogP contribution in [0.2, 0.25) is 19.6 Å². The van der Waals surface area contributed by atoms with E-state index in [9.17, 15) is 9.90 Å². The molecular weight excluding hydrogens is 208 g/mol. The van der Waals surface area contributed by atoms with Gasteiger partial charge in [-0.3, -0.25) is 4.79 Å². The highest BCUT2D eigenvalue weighted by molar-refractivity contribution is 6.83. The van der Waals surface area contributed by atoms with Gasteiger partial charge in [0.1, 0.15) is 19.1 Å². The summed E-state index contributed by atoms with van der Waals surface area (Å²) in [5.41, 5.74) is 0.234. The molecule has 15 heavy (non-hydrogen) atoms. The van der Waals surface area contributed by atoms with Gasteiger partial charge in [-0.15, -0.1) is 5.54 Å². The van der Waals surface area contributed by atoms with Crippen molar-refractivity contribution in [3.8, 4) is 11.5 Å². The number of rotatable bonds is 2. The number of hydrogen-bond donors (Lipinski definition) is 2. The van der Waals surface area contributed by atoms with E-state index in [0.29, 0.717) is 0 Å². The lowest BCUT2D eigenvalue weighted by molar-refractivity contribution is -0.157. The minimum absolute atomic E-state index is 1.04. The summed E-state index contributed by atoms with van der Waals surface area (Å²) in [6, 6.07) is 0. The zero-order valence-electron chi connectivity index (χ0n) is 10.3. The molecule has 0 aliphatic carbocycles. The van der Waals surface area contributed by atoms with Gasteiger partial charge in [-0.1, -0.05) is 25.6 Å². The molecular formula is C11H20O3Si. The molecule has 3 nitrogen and oxygen atoms in total. The number of aliphatic hydroxyl groups is 1. The summed E-state index contributed by atoms with van der Waals surface area (Å²) in [6.07, 6.45) is 0. The molecule has 0 aromatic heterocycles. The fraction of sp³-hybridized carbons (Fsp3) is 0.727. The second-order valence-corrected chi connectivity index (χ2v) is 10.3. The minimum Gasteiger partial charge on any atom is -0.481 e. The van der Waals surface area contributed by atoms with Gasteiger partial charge in [-0.25, -0.2) is 0 Å². The van der Waals surface area contributed by atoms with Crippen molar-refractivity contribution in [2.45, 2.75) is 46.0 Å². The maximum atomic E-state index is 11.0. The fourth-order valence-electron chi connectivity index (χ4n) is 0.674. The molecule has 0 aliphatic heterocycles. The first-order valence-electron chi connectivity index (χ1n) is 4.90. The van der Waals surface area contributed by atoms with Crippen LogP contribution in [-0.4, -0.2) is 29.9 Å². The van der Waals surface area contributed by atoms with Gasteiger partial charge in [0.2, 0.25) is 0 Å². The molecule has 0 aromatic carbocycles. The highest BCUT2D eigenvalue weighted by Gasteiger charge is 2.44. The van der Waals surface area contributed by atoms with Crippen molar-refractivity contribution in [3.63, 3.8) is 0 Å². The summed E-state index contributed by atoms with van der Waals surface area (Å²) >= 11 is 0. The summed E-state index contributed by atoms with van der Waals surface area (Å²) < 4.78 is 0. The zero-order valence-corrected chi connectivity index (χ0v) is 11.3. The van der Waals surface area contributed by atoms with Crippen molar-refractivity contribution in [1.29, 1.82) is 0 Å². The Morgan fingerprint density at radius 2 is 1.60 bits per heavy atom. The molecule has 0 saturated heterocycles. The first kappa shape index (κ1) is 14.2. The van der Waals surface area contributed by atoms with Crippen LogP contribution in [-0.2, 0) is 4.79 Å². The lowest BCUT2D eigenvalue weighted by atomic mass is 9.77. The molecule has 86 valence electrons. The Hall–Kier alpha value is -0.793. The molecule has 0 fully saturated rings. The van der Waals surface area contributed by atoms with Gasteiger partial charge in [-0.05, 0) is 20.8 Å². The average molecular weight is 228 g/mol. The molecule has 0 heterocycles. The van der Waals surface area contributed by atoms with Gasteiger partial charge in [0.05, 0.1) is 0 Å². The maximum absolute atomic E-state index is 11.0. The van der Waals surface area contributed by atoms with Gasteiger partial charge < -0.3 is 10.2 Å².